The summed E-state index contributed by atoms with van der Waals surface area (Å²) >= 11 is 1.01. The molecule has 1 saturated heterocycles. The lowest BCUT2D eigenvalue weighted by Crippen LogP contribution is -2.37. The molecule has 1 fully saturated rings. The molecule has 0 radical (unpaired) electrons. The van der Waals surface area contributed by atoms with Crippen LogP contribution in [0.25, 0.3) is 0 Å². The molecule has 0 aliphatic carbocycles. The molecule has 0 saturated carbocycles. The number of carbonyl (C=O) groups excluding carboxylic acids is 1. The molecule has 0 unspecified atom stereocenters. The van der Waals surface area contributed by atoms with Crippen LogP contribution in [0.15, 0.2) is 0 Å². The van der Waals surface area contributed by atoms with Crippen molar-refractivity contribution in [1.29, 1.82) is 0 Å². The summed E-state index contributed by atoms with van der Waals surface area (Å²) in [6.07, 6.45) is 1.80. The molecule has 3 N–H and O–H groups in total. The van der Waals surface area contributed by atoms with Crippen molar-refractivity contribution in [3.63, 3.8) is 0 Å². The number of aromatic nitrogens is 1. The molecule has 6 nitrogen and oxygen atoms in total. The van der Waals surface area contributed by atoms with Gasteiger partial charge in [0.2, 0.25) is 5.91 Å². The summed E-state index contributed by atoms with van der Waals surface area (Å²) in [6, 6.07) is 0. The predicted octanol–water partition coefficient (Wildman–Crippen LogP) is 1.09. The number of nitrogens with zero attached hydrogens (tertiary/aromatic N) is 1. The second-order valence-corrected chi connectivity index (χ2v) is 5.08. The Labute approximate surface area is 109 Å². The summed E-state index contributed by atoms with van der Waals surface area (Å²) in [6.45, 7) is 3.20. The average Bonchev–Trinajstić information content (AvgIpc) is 2.71. The van der Waals surface area contributed by atoms with Crippen molar-refractivity contribution < 1.29 is 14.7 Å². The van der Waals surface area contributed by atoms with Crippen LogP contribution in [0, 0.1) is 12.8 Å². The van der Waals surface area contributed by atoms with Gasteiger partial charge in [-0.2, -0.15) is 4.37 Å². The van der Waals surface area contributed by atoms with Crippen LogP contribution in [0.1, 0.15) is 28.9 Å². The van der Waals surface area contributed by atoms with Crippen LogP contribution in [-0.2, 0) is 4.79 Å². The minimum Gasteiger partial charge on any atom is -0.478 e. The lowest BCUT2D eigenvalue weighted by molar-refractivity contribution is -0.120. The number of hydrogen-bond acceptors (Lipinski definition) is 5. The minimum absolute atomic E-state index is 0.0946. The van der Waals surface area contributed by atoms with E-state index in [9.17, 15) is 9.59 Å². The Kier molecular flexibility index (Phi) is 3.93. The molecular weight excluding hydrogens is 254 g/mol. The zero-order chi connectivity index (χ0) is 13.1. The highest BCUT2D eigenvalue weighted by Crippen LogP contribution is 2.25. The Balaban J connectivity index is 2.09. The number of carbonyl (C=O) groups is 2. The number of hydrogen-bond donors (Lipinski definition) is 3. The first kappa shape index (κ1) is 13.0. The maximum Gasteiger partial charge on any atom is 0.340 e. The van der Waals surface area contributed by atoms with Crippen LogP contribution in [0.3, 0.4) is 0 Å². The van der Waals surface area contributed by atoms with E-state index < -0.39 is 5.97 Å². The van der Waals surface area contributed by atoms with Crippen LogP contribution in [0.5, 0.6) is 0 Å². The Morgan fingerprint density at radius 3 is 2.94 bits per heavy atom. The van der Waals surface area contributed by atoms with Gasteiger partial charge in [-0.3, -0.25) is 4.79 Å². The molecule has 1 aliphatic heterocycles. The van der Waals surface area contributed by atoms with E-state index in [1.807, 2.05) is 0 Å². The van der Waals surface area contributed by atoms with E-state index in [0.29, 0.717) is 17.2 Å². The van der Waals surface area contributed by atoms with Gasteiger partial charge >= 0.3 is 5.97 Å². The molecule has 18 heavy (non-hydrogen) atoms. The predicted molar refractivity (Wildman–Crippen MR) is 68.0 cm³/mol. The second kappa shape index (κ2) is 5.45. The summed E-state index contributed by atoms with van der Waals surface area (Å²) in [5.41, 5.74) is 0.529. The maximum absolute atomic E-state index is 12.0. The fourth-order valence-electron chi connectivity index (χ4n) is 2.00. The van der Waals surface area contributed by atoms with Gasteiger partial charge in [0.05, 0.1) is 11.6 Å². The maximum atomic E-state index is 12.0. The monoisotopic (exact) mass is 269 g/mol. The Hall–Kier alpha value is -1.47. The SMILES string of the molecule is Cc1nsc(NC(=O)[C@H]2CCCNC2)c1C(=O)O. The van der Waals surface area contributed by atoms with Crippen LogP contribution >= 0.6 is 11.5 Å². The normalized spacial score (nSPS) is 19.5. The van der Waals surface area contributed by atoms with Crippen LogP contribution in [-0.4, -0.2) is 34.4 Å². The van der Waals surface area contributed by atoms with E-state index in [-0.39, 0.29) is 17.4 Å². The molecule has 2 rings (SSSR count). The van der Waals surface area contributed by atoms with Crippen molar-refractivity contribution in [1.82, 2.24) is 9.69 Å². The molecule has 7 heteroatoms. The number of aryl methyl sites for hydroxylation is 1. The molecule has 0 aromatic carbocycles. The van der Waals surface area contributed by atoms with Gasteiger partial charge in [-0.25, -0.2) is 4.79 Å². The highest BCUT2D eigenvalue weighted by molar-refractivity contribution is 7.11. The third-order valence-corrected chi connectivity index (χ3v) is 3.83. The molecule has 0 spiro atoms. The number of nitrogens with one attached hydrogen (secondary N) is 2. The first-order valence-electron chi connectivity index (χ1n) is 5.80. The average molecular weight is 269 g/mol. The molecule has 2 heterocycles. The zero-order valence-electron chi connectivity index (χ0n) is 10.0. The summed E-state index contributed by atoms with van der Waals surface area (Å²) in [5, 5.41) is 15.2. The lowest BCUT2D eigenvalue weighted by Gasteiger charge is -2.21. The number of carboxylic acid groups (broad SMARTS) is 1. The summed E-state index contributed by atoms with van der Waals surface area (Å²) in [4.78, 5) is 23.1. The van der Waals surface area contributed by atoms with E-state index in [2.05, 4.69) is 15.0 Å². The number of carboxylic acids is 1. The number of rotatable bonds is 3. The van der Waals surface area contributed by atoms with Crippen molar-refractivity contribution in [2.75, 3.05) is 18.4 Å². The number of anilines is 1. The van der Waals surface area contributed by atoms with Gasteiger partial charge in [-0.15, -0.1) is 0 Å². The van der Waals surface area contributed by atoms with Crippen LogP contribution < -0.4 is 10.6 Å². The van der Waals surface area contributed by atoms with E-state index in [4.69, 9.17) is 5.11 Å². The van der Waals surface area contributed by atoms with Gasteiger partial charge in [0.15, 0.2) is 0 Å². The fraction of sp³-hybridized carbons (Fsp3) is 0.545. The van der Waals surface area contributed by atoms with E-state index in [0.717, 1.165) is 30.9 Å². The first-order chi connectivity index (χ1) is 8.59. The molecule has 1 amide bonds. The summed E-state index contributed by atoms with van der Waals surface area (Å²) in [5.74, 6) is -1.28. The van der Waals surface area contributed by atoms with Gasteiger partial charge < -0.3 is 15.7 Å². The number of piperidine rings is 1. The Morgan fingerprint density at radius 2 is 2.33 bits per heavy atom. The minimum atomic E-state index is -1.06. The van der Waals surface area contributed by atoms with Gasteiger partial charge in [0.1, 0.15) is 10.6 Å². The molecule has 1 aromatic rings. The highest BCUT2D eigenvalue weighted by Gasteiger charge is 2.24. The van der Waals surface area contributed by atoms with Crippen LogP contribution in [0.4, 0.5) is 5.00 Å². The third-order valence-electron chi connectivity index (χ3n) is 2.98. The Morgan fingerprint density at radius 1 is 1.56 bits per heavy atom. The standard InChI is InChI=1S/C11H15N3O3S/c1-6-8(11(16)17)10(18-14-6)13-9(15)7-3-2-4-12-5-7/h7,12H,2-5H2,1H3,(H,13,15)(H,16,17)/t7-/m0/s1. The summed E-state index contributed by atoms with van der Waals surface area (Å²) in [7, 11) is 0. The van der Waals surface area contributed by atoms with Gasteiger partial charge in [-0.1, -0.05) is 0 Å². The Bertz CT molecular complexity index is 466. The van der Waals surface area contributed by atoms with E-state index in [1.54, 1.807) is 6.92 Å². The number of amides is 1. The van der Waals surface area contributed by atoms with Gasteiger partial charge in [-0.05, 0) is 37.8 Å². The molecular formula is C11H15N3O3S. The third kappa shape index (κ3) is 2.68. The van der Waals surface area contributed by atoms with Crippen molar-refractivity contribution in [2.24, 2.45) is 5.92 Å². The summed E-state index contributed by atoms with van der Waals surface area (Å²) < 4.78 is 3.97. The topological polar surface area (TPSA) is 91.3 Å². The smallest absolute Gasteiger partial charge is 0.340 e. The lowest BCUT2D eigenvalue weighted by atomic mass is 9.99. The van der Waals surface area contributed by atoms with E-state index >= 15 is 0 Å². The molecule has 1 aromatic heterocycles. The van der Waals surface area contributed by atoms with Crippen molar-refractivity contribution in [3.8, 4) is 0 Å². The van der Waals surface area contributed by atoms with Crippen molar-refractivity contribution in [3.05, 3.63) is 11.3 Å². The zero-order valence-corrected chi connectivity index (χ0v) is 10.8. The van der Waals surface area contributed by atoms with Crippen molar-refractivity contribution >= 4 is 28.4 Å². The molecule has 1 aliphatic rings. The quantitative estimate of drug-likeness (QED) is 0.764. The molecule has 0 bridgehead atoms. The van der Waals surface area contributed by atoms with Gasteiger partial charge in [0, 0.05) is 6.54 Å². The highest BCUT2D eigenvalue weighted by atomic mass is 32.1. The van der Waals surface area contributed by atoms with Crippen LogP contribution in [0.2, 0.25) is 0 Å². The molecule has 98 valence electrons. The fourth-order valence-corrected chi connectivity index (χ4v) is 2.79. The van der Waals surface area contributed by atoms with Gasteiger partial charge in [0.25, 0.3) is 0 Å². The number of aromatic carboxylic acids is 1. The first-order valence-corrected chi connectivity index (χ1v) is 6.58. The molecule has 1 atom stereocenters. The van der Waals surface area contributed by atoms with E-state index in [1.165, 1.54) is 0 Å². The second-order valence-electron chi connectivity index (χ2n) is 4.31. The largest absolute Gasteiger partial charge is 0.478 e. The van der Waals surface area contributed by atoms with Crippen molar-refractivity contribution in [2.45, 2.75) is 19.8 Å².